The minimum absolute atomic E-state index is 0.776. The number of hydrogen-bond acceptors (Lipinski definition) is 1. The Kier molecular flexibility index (Phi) is 4.41. The van der Waals surface area contributed by atoms with Crippen molar-refractivity contribution < 1.29 is 0 Å². The first-order chi connectivity index (χ1) is 5.60. The van der Waals surface area contributed by atoms with Crippen molar-refractivity contribution in [1.29, 1.82) is 0 Å². The molecule has 0 aromatic heterocycles. The first kappa shape index (κ1) is 13.4. The summed E-state index contributed by atoms with van der Waals surface area (Å²) >= 11 is 0. The zero-order valence-electron chi connectivity index (χ0n) is 10.7. The maximum Gasteiger partial charge on any atom is 0.112 e. The predicted molar refractivity (Wildman–Crippen MR) is 68.3 cm³/mol. The van der Waals surface area contributed by atoms with Gasteiger partial charge in [0.1, 0.15) is 16.5 Å². The standard InChI is InChI=1S/C10H27NSi2/c1-9-10(2)11(12(3,4)5)13(6,7)8/h10H,9H2,1-8H3. The van der Waals surface area contributed by atoms with Crippen LogP contribution in [0.15, 0.2) is 0 Å². The zero-order valence-corrected chi connectivity index (χ0v) is 12.7. The summed E-state index contributed by atoms with van der Waals surface area (Å²) in [5, 5.41) is 0. The second-order valence-corrected chi connectivity index (χ2v) is 16.1. The monoisotopic (exact) mass is 217 g/mol. The molecule has 0 aromatic carbocycles. The fourth-order valence-corrected chi connectivity index (χ4v) is 13.6. The smallest absolute Gasteiger partial charge is 0.112 e. The molecule has 13 heavy (non-hydrogen) atoms. The highest BCUT2D eigenvalue weighted by atomic mass is 28.4. The third-order valence-corrected chi connectivity index (χ3v) is 10.3. The summed E-state index contributed by atoms with van der Waals surface area (Å²) in [7, 11) is -2.22. The van der Waals surface area contributed by atoms with Crippen LogP contribution in [0.5, 0.6) is 0 Å². The lowest BCUT2D eigenvalue weighted by Gasteiger charge is -2.47. The van der Waals surface area contributed by atoms with Crippen molar-refractivity contribution in [3.05, 3.63) is 0 Å². The van der Waals surface area contributed by atoms with Crippen LogP contribution in [0.1, 0.15) is 20.3 Å². The van der Waals surface area contributed by atoms with E-state index in [0.717, 1.165) is 6.04 Å². The molecule has 0 heterocycles. The molecule has 0 saturated carbocycles. The quantitative estimate of drug-likeness (QED) is 0.648. The molecular weight excluding hydrogens is 190 g/mol. The van der Waals surface area contributed by atoms with Gasteiger partial charge in [-0.25, -0.2) is 0 Å². The van der Waals surface area contributed by atoms with E-state index < -0.39 is 16.5 Å². The summed E-state index contributed by atoms with van der Waals surface area (Å²) in [5.74, 6) is 0. The minimum atomic E-state index is -1.11. The fourth-order valence-electron chi connectivity index (χ4n) is 2.51. The molecule has 0 saturated heterocycles. The molecular formula is C10H27NSi2. The molecule has 1 nitrogen and oxygen atoms in total. The Balaban J connectivity index is 4.78. The number of hydrogen-bond donors (Lipinski definition) is 0. The Hall–Kier alpha value is 0.394. The average Bonchev–Trinajstić information content (AvgIpc) is 1.80. The average molecular weight is 218 g/mol. The molecule has 0 rings (SSSR count). The van der Waals surface area contributed by atoms with Gasteiger partial charge in [0, 0.05) is 0 Å². The largest absolute Gasteiger partial charge is 0.343 e. The van der Waals surface area contributed by atoms with E-state index in [1.54, 1.807) is 0 Å². The molecule has 0 amide bonds. The van der Waals surface area contributed by atoms with E-state index in [4.69, 9.17) is 0 Å². The molecule has 1 atom stereocenters. The van der Waals surface area contributed by atoms with Gasteiger partial charge in [0.15, 0.2) is 0 Å². The first-order valence-corrected chi connectivity index (χ1v) is 12.3. The van der Waals surface area contributed by atoms with Gasteiger partial charge in [-0.2, -0.15) is 0 Å². The van der Waals surface area contributed by atoms with Crippen LogP contribution in [-0.2, 0) is 0 Å². The molecule has 0 spiro atoms. The van der Waals surface area contributed by atoms with Crippen LogP contribution < -0.4 is 0 Å². The van der Waals surface area contributed by atoms with Crippen LogP contribution >= 0.6 is 0 Å². The summed E-state index contributed by atoms with van der Waals surface area (Å²) in [6.07, 6.45) is 1.29. The van der Waals surface area contributed by atoms with Crippen LogP contribution in [0.4, 0.5) is 0 Å². The fraction of sp³-hybridized carbons (Fsp3) is 1.00. The molecule has 1 unspecified atom stereocenters. The summed E-state index contributed by atoms with van der Waals surface area (Å²) in [6.45, 7) is 19.5. The minimum Gasteiger partial charge on any atom is -0.343 e. The molecule has 0 bridgehead atoms. The Morgan fingerprint density at radius 3 is 1.31 bits per heavy atom. The molecule has 0 aliphatic heterocycles. The molecule has 80 valence electrons. The number of rotatable bonds is 4. The van der Waals surface area contributed by atoms with Crippen LogP contribution in [-0.4, -0.2) is 26.7 Å². The summed E-state index contributed by atoms with van der Waals surface area (Å²) < 4.78 is 2.88. The highest BCUT2D eigenvalue weighted by Crippen LogP contribution is 2.23. The van der Waals surface area contributed by atoms with Gasteiger partial charge in [0.05, 0.1) is 0 Å². The van der Waals surface area contributed by atoms with Crippen LogP contribution in [0.25, 0.3) is 0 Å². The molecule has 0 N–H and O–H groups in total. The van der Waals surface area contributed by atoms with Crippen molar-refractivity contribution in [3.8, 4) is 0 Å². The Morgan fingerprint density at radius 1 is 0.923 bits per heavy atom. The van der Waals surface area contributed by atoms with Gasteiger partial charge in [-0.3, -0.25) is 0 Å². The van der Waals surface area contributed by atoms with E-state index in [1.807, 2.05) is 0 Å². The van der Waals surface area contributed by atoms with Gasteiger partial charge in [-0.15, -0.1) is 0 Å². The lowest BCUT2D eigenvalue weighted by Crippen LogP contribution is -2.62. The molecule has 0 aliphatic carbocycles. The van der Waals surface area contributed by atoms with Gasteiger partial charge in [0.2, 0.25) is 0 Å². The van der Waals surface area contributed by atoms with E-state index >= 15 is 0 Å². The molecule has 0 aromatic rings. The molecule has 0 fully saturated rings. The summed E-state index contributed by atoms with van der Waals surface area (Å²) in [4.78, 5) is 0. The Bertz CT molecular complexity index is 141. The van der Waals surface area contributed by atoms with Crippen molar-refractivity contribution in [2.75, 3.05) is 0 Å². The van der Waals surface area contributed by atoms with E-state index in [2.05, 4.69) is 57.4 Å². The molecule has 0 aliphatic rings. The highest BCUT2D eigenvalue weighted by Gasteiger charge is 2.36. The second kappa shape index (κ2) is 4.28. The summed E-state index contributed by atoms with van der Waals surface area (Å²) in [5.41, 5.74) is 0. The zero-order chi connectivity index (χ0) is 10.9. The van der Waals surface area contributed by atoms with Crippen LogP contribution in [0, 0.1) is 0 Å². The van der Waals surface area contributed by atoms with Crippen LogP contribution in [0.3, 0.4) is 0 Å². The van der Waals surface area contributed by atoms with Gasteiger partial charge in [-0.1, -0.05) is 53.1 Å². The highest BCUT2D eigenvalue weighted by molar-refractivity contribution is 6.89. The van der Waals surface area contributed by atoms with E-state index in [0.29, 0.717) is 0 Å². The first-order valence-electron chi connectivity index (χ1n) is 5.40. The normalized spacial score (nSPS) is 16.4. The van der Waals surface area contributed by atoms with Crippen molar-refractivity contribution in [1.82, 2.24) is 4.23 Å². The second-order valence-electron chi connectivity index (χ2n) is 5.97. The number of nitrogens with zero attached hydrogens (tertiary/aromatic N) is 1. The molecule has 3 heteroatoms. The van der Waals surface area contributed by atoms with Crippen molar-refractivity contribution >= 4 is 16.5 Å². The lowest BCUT2D eigenvalue weighted by atomic mass is 10.3. The Morgan fingerprint density at radius 2 is 1.23 bits per heavy atom. The maximum absolute atomic E-state index is 2.88. The Labute approximate surface area is 86.7 Å². The van der Waals surface area contributed by atoms with Crippen molar-refractivity contribution in [3.63, 3.8) is 0 Å². The van der Waals surface area contributed by atoms with Crippen LogP contribution in [0.2, 0.25) is 39.3 Å². The third-order valence-electron chi connectivity index (χ3n) is 2.48. The van der Waals surface area contributed by atoms with Gasteiger partial charge in [0.25, 0.3) is 0 Å². The van der Waals surface area contributed by atoms with Gasteiger partial charge >= 0.3 is 0 Å². The van der Waals surface area contributed by atoms with E-state index in [-0.39, 0.29) is 0 Å². The third kappa shape index (κ3) is 3.96. The maximum atomic E-state index is 2.88. The van der Waals surface area contributed by atoms with E-state index in [9.17, 15) is 0 Å². The van der Waals surface area contributed by atoms with Gasteiger partial charge < -0.3 is 4.23 Å². The van der Waals surface area contributed by atoms with Crippen molar-refractivity contribution in [2.24, 2.45) is 0 Å². The molecule has 0 radical (unpaired) electrons. The predicted octanol–water partition coefficient (Wildman–Crippen LogP) is 3.76. The van der Waals surface area contributed by atoms with E-state index in [1.165, 1.54) is 6.42 Å². The SMILES string of the molecule is CCC(C)N([Si](C)(C)C)[Si](C)(C)C. The summed E-state index contributed by atoms with van der Waals surface area (Å²) in [6, 6.07) is 0.776. The van der Waals surface area contributed by atoms with Gasteiger partial charge in [-0.05, 0) is 12.5 Å². The van der Waals surface area contributed by atoms with Crippen molar-refractivity contribution in [2.45, 2.75) is 65.6 Å². The lowest BCUT2D eigenvalue weighted by molar-refractivity contribution is 0.459. The topological polar surface area (TPSA) is 3.24 Å².